The molecule has 0 radical (unpaired) electrons. The Morgan fingerprint density at radius 3 is 2.21 bits per heavy atom. The molecule has 3 amide bonds. The number of ether oxygens (including phenoxy) is 1. The number of imide groups is 1. The lowest BCUT2D eigenvalue weighted by atomic mass is 9.85. The summed E-state index contributed by atoms with van der Waals surface area (Å²) in [6.45, 7) is 0. The summed E-state index contributed by atoms with van der Waals surface area (Å²) in [5.74, 6) is -0.0716. The van der Waals surface area contributed by atoms with Crippen molar-refractivity contribution in [3.63, 3.8) is 0 Å². The number of anilines is 2. The average Bonchev–Trinajstić information content (AvgIpc) is 3.42. The van der Waals surface area contributed by atoms with Crippen molar-refractivity contribution in [2.24, 2.45) is 23.7 Å². The van der Waals surface area contributed by atoms with Crippen molar-refractivity contribution in [1.82, 2.24) is 0 Å². The smallest absolute Gasteiger partial charge is 0.255 e. The normalized spacial score (nSPS) is 26.7. The number of carbonyl (C=O) groups is 3. The second-order valence-electron chi connectivity index (χ2n) is 7.71. The molecule has 5 rings (SSSR count). The topological polar surface area (TPSA) is 75.7 Å². The van der Waals surface area contributed by atoms with E-state index >= 15 is 0 Å². The monoisotopic (exact) mass is 388 g/mol. The van der Waals surface area contributed by atoms with Crippen LogP contribution in [0.25, 0.3) is 0 Å². The van der Waals surface area contributed by atoms with Crippen LogP contribution in [0.1, 0.15) is 16.8 Å². The maximum Gasteiger partial charge on any atom is 0.255 e. The van der Waals surface area contributed by atoms with Crippen molar-refractivity contribution in [2.75, 3.05) is 17.3 Å². The molecule has 0 aromatic heterocycles. The second kappa shape index (κ2) is 6.58. The van der Waals surface area contributed by atoms with Crippen molar-refractivity contribution >= 4 is 29.1 Å². The summed E-state index contributed by atoms with van der Waals surface area (Å²) in [5.41, 5.74) is 1.52. The molecule has 2 aliphatic carbocycles. The number of para-hydroxylation sites is 2. The molecule has 1 N–H and O–H groups in total. The predicted molar refractivity (Wildman–Crippen MR) is 108 cm³/mol. The summed E-state index contributed by atoms with van der Waals surface area (Å²) in [4.78, 5) is 39.7. The van der Waals surface area contributed by atoms with Gasteiger partial charge in [-0.25, -0.2) is 0 Å². The Hall–Kier alpha value is -3.41. The van der Waals surface area contributed by atoms with E-state index in [9.17, 15) is 14.4 Å². The summed E-state index contributed by atoms with van der Waals surface area (Å²) in [5, 5.41) is 2.82. The van der Waals surface area contributed by atoms with Gasteiger partial charge in [-0.05, 0) is 54.7 Å². The molecule has 0 unspecified atom stereocenters. The molecule has 6 nitrogen and oxygen atoms in total. The molecule has 6 heteroatoms. The molecule has 146 valence electrons. The van der Waals surface area contributed by atoms with Gasteiger partial charge in [0.25, 0.3) is 5.91 Å². The van der Waals surface area contributed by atoms with Crippen molar-refractivity contribution < 1.29 is 19.1 Å². The number of benzene rings is 2. The fourth-order valence-corrected chi connectivity index (χ4v) is 4.86. The fraction of sp³-hybridized carbons (Fsp3) is 0.261. The highest BCUT2D eigenvalue weighted by atomic mass is 16.5. The molecular formula is C23H20N2O4. The number of methoxy groups -OCH3 is 1. The number of hydrogen-bond acceptors (Lipinski definition) is 4. The van der Waals surface area contributed by atoms with Crippen LogP contribution in [-0.4, -0.2) is 24.8 Å². The lowest BCUT2D eigenvalue weighted by Crippen LogP contribution is -2.32. The zero-order valence-electron chi connectivity index (χ0n) is 15.9. The van der Waals surface area contributed by atoms with Gasteiger partial charge in [0.15, 0.2) is 0 Å². The van der Waals surface area contributed by atoms with Crippen LogP contribution in [0.4, 0.5) is 11.4 Å². The first-order chi connectivity index (χ1) is 14.1. The minimum absolute atomic E-state index is 0.122. The van der Waals surface area contributed by atoms with Gasteiger partial charge in [0.05, 0.1) is 30.3 Å². The molecule has 1 saturated heterocycles. The van der Waals surface area contributed by atoms with Crippen LogP contribution in [0.15, 0.2) is 60.7 Å². The maximum atomic E-state index is 12.9. The third kappa shape index (κ3) is 2.67. The van der Waals surface area contributed by atoms with Crippen LogP contribution in [0.3, 0.4) is 0 Å². The molecule has 1 heterocycles. The molecule has 0 spiro atoms. The molecule has 2 aromatic rings. The first-order valence-electron chi connectivity index (χ1n) is 9.69. The van der Waals surface area contributed by atoms with Gasteiger partial charge in [-0.15, -0.1) is 0 Å². The summed E-state index contributed by atoms with van der Waals surface area (Å²) in [6, 6.07) is 13.7. The highest BCUT2D eigenvalue weighted by molar-refractivity contribution is 6.23. The van der Waals surface area contributed by atoms with Crippen molar-refractivity contribution in [3.05, 3.63) is 66.2 Å². The van der Waals surface area contributed by atoms with E-state index in [0.29, 0.717) is 22.7 Å². The van der Waals surface area contributed by atoms with Crippen LogP contribution in [-0.2, 0) is 9.59 Å². The summed E-state index contributed by atoms with van der Waals surface area (Å²) in [6.07, 6.45) is 5.06. The zero-order chi connectivity index (χ0) is 20.1. The Kier molecular flexibility index (Phi) is 4.01. The van der Waals surface area contributed by atoms with Crippen LogP contribution >= 0.6 is 0 Å². The van der Waals surface area contributed by atoms with Crippen LogP contribution < -0.4 is 15.0 Å². The minimum Gasteiger partial charge on any atom is -0.495 e. The quantitative estimate of drug-likeness (QED) is 0.644. The second-order valence-corrected chi connectivity index (χ2v) is 7.71. The molecule has 2 aromatic carbocycles. The zero-order valence-corrected chi connectivity index (χ0v) is 15.9. The molecule has 3 aliphatic rings. The first-order valence-corrected chi connectivity index (χ1v) is 9.69. The highest BCUT2D eigenvalue weighted by Gasteiger charge is 2.59. The van der Waals surface area contributed by atoms with Gasteiger partial charge in [-0.1, -0.05) is 24.3 Å². The van der Waals surface area contributed by atoms with E-state index in [1.807, 2.05) is 12.1 Å². The van der Waals surface area contributed by atoms with E-state index in [1.165, 1.54) is 4.90 Å². The van der Waals surface area contributed by atoms with E-state index in [0.717, 1.165) is 6.42 Å². The number of allylic oxidation sites excluding steroid dienone is 2. The first kappa shape index (κ1) is 17.7. The van der Waals surface area contributed by atoms with Gasteiger partial charge in [-0.3, -0.25) is 19.3 Å². The number of amides is 3. The van der Waals surface area contributed by atoms with Crippen LogP contribution in [0.5, 0.6) is 5.75 Å². The molecule has 1 aliphatic heterocycles. The van der Waals surface area contributed by atoms with Crippen molar-refractivity contribution in [1.29, 1.82) is 0 Å². The van der Waals surface area contributed by atoms with E-state index in [1.54, 1.807) is 43.5 Å². The maximum absolute atomic E-state index is 12.9. The molecule has 2 fully saturated rings. The van der Waals surface area contributed by atoms with E-state index < -0.39 is 0 Å². The number of nitrogens with zero attached hydrogens (tertiary/aromatic N) is 1. The van der Waals surface area contributed by atoms with Gasteiger partial charge in [0.1, 0.15) is 5.75 Å². The lowest BCUT2D eigenvalue weighted by Gasteiger charge is -2.17. The van der Waals surface area contributed by atoms with Crippen molar-refractivity contribution in [2.45, 2.75) is 6.42 Å². The molecule has 4 atom stereocenters. The van der Waals surface area contributed by atoms with Crippen molar-refractivity contribution in [3.8, 4) is 5.75 Å². The van der Waals surface area contributed by atoms with E-state index in [-0.39, 0.29) is 41.4 Å². The number of carbonyl (C=O) groups excluding carboxylic acids is 3. The van der Waals surface area contributed by atoms with Gasteiger partial charge < -0.3 is 10.1 Å². The Morgan fingerprint density at radius 1 is 0.966 bits per heavy atom. The molecule has 29 heavy (non-hydrogen) atoms. The number of fused-ring (bicyclic) bond motifs is 5. The van der Waals surface area contributed by atoms with Gasteiger partial charge >= 0.3 is 0 Å². The Labute approximate surface area is 168 Å². The molecule has 2 bridgehead atoms. The highest BCUT2D eigenvalue weighted by Crippen LogP contribution is 2.53. The Balaban J connectivity index is 1.35. The SMILES string of the molecule is COc1ccccc1NC(=O)c1ccc(N2C(=O)[C@@H]3[C@@H](C2=O)[C@H]2C=C[C@H]3C2)cc1. The number of rotatable bonds is 4. The number of nitrogens with one attached hydrogen (secondary N) is 1. The third-order valence-electron chi connectivity index (χ3n) is 6.21. The Morgan fingerprint density at radius 2 is 1.59 bits per heavy atom. The average molecular weight is 388 g/mol. The standard InChI is InChI=1S/C23H20N2O4/c1-29-18-5-3-2-4-17(18)24-21(26)13-8-10-16(11-9-13)25-22(27)19-14-6-7-15(12-14)20(19)23(25)28/h2-11,14-15,19-20H,12H2,1H3,(H,24,26)/t14-,15-,19-,20-/m0/s1. The van der Waals surface area contributed by atoms with Crippen LogP contribution in [0, 0.1) is 23.7 Å². The lowest BCUT2D eigenvalue weighted by molar-refractivity contribution is -0.123. The summed E-state index contributed by atoms with van der Waals surface area (Å²) < 4.78 is 5.25. The third-order valence-corrected chi connectivity index (χ3v) is 6.21. The number of hydrogen-bond donors (Lipinski definition) is 1. The van der Waals surface area contributed by atoms with E-state index in [2.05, 4.69) is 17.5 Å². The van der Waals surface area contributed by atoms with Crippen LogP contribution in [0.2, 0.25) is 0 Å². The molecular weight excluding hydrogens is 368 g/mol. The van der Waals surface area contributed by atoms with Gasteiger partial charge in [-0.2, -0.15) is 0 Å². The minimum atomic E-state index is -0.292. The van der Waals surface area contributed by atoms with Gasteiger partial charge in [0, 0.05) is 5.56 Å². The largest absolute Gasteiger partial charge is 0.495 e. The molecule has 1 saturated carbocycles. The van der Waals surface area contributed by atoms with Gasteiger partial charge in [0.2, 0.25) is 11.8 Å². The fourth-order valence-electron chi connectivity index (χ4n) is 4.86. The predicted octanol–water partition coefficient (Wildman–Crippen LogP) is 3.26. The summed E-state index contributed by atoms with van der Waals surface area (Å²) in [7, 11) is 1.54. The van der Waals surface area contributed by atoms with E-state index in [4.69, 9.17) is 4.74 Å². The Bertz CT molecular complexity index is 1010. The summed E-state index contributed by atoms with van der Waals surface area (Å²) >= 11 is 0.